The van der Waals surface area contributed by atoms with E-state index in [0.717, 1.165) is 29.2 Å². The number of thiazole rings is 1. The van der Waals surface area contributed by atoms with Gasteiger partial charge in [-0.05, 0) is 42.1 Å². The second kappa shape index (κ2) is 9.05. The van der Waals surface area contributed by atoms with Crippen molar-refractivity contribution >= 4 is 52.1 Å². The summed E-state index contributed by atoms with van der Waals surface area (Å²) < 4.78 is 6.24. The van der Waals surface area contributed by atoms with Crippen LogP contribution >= 0.6 is 23.6 Å². The fraction of sp³-hybridized carbons (Fsp3) is 0.138. The number of rotatable bonds is 3. The minimum absolute atomic E-state index is 0.0947. The van der Waals surface area contributed by atoms with Gasteiger partial charge in [0, 0.05) is 11.6 Å². The highest BCUT2D eigenvalue weighted by atomic mass is 32.1. The van der Waals surface area contributed by atoms with Crippen LogP contribution in [0.15, 0.2) is 52.7 Å². The summed E-state index contributed by atoms with van der Waals surface area (Å²) in [6, 6.07) is 3.84. The average Bonchev–Trinajstić information content (AvgIpc) is 3.60. The smallest absolute Gasteiger partial charge is 0.260 e. The molecule has 0 saturated heterocycles. The van der Waals surface area contributed by atoms with E-state index in [4.69, 9.17) is 17.0 Å². The maximum atomic E-state index is 13.6. The first-order valence-electron chi connectivity index (χ1n) is 12.8. The molecule has 5 N–H and O–H groups in total. The Kier molecular flexibility index (Phi) is 5.64. The van der Waals surface area contributed by atoms with Gasteiger partial charge in [-0.1, -0.05) is 6.07 Å². The minimum atomic E-state index is -2.00. The maximum Gasteiger partial charge on any atom is 0.260 e. The van der Waals surface area contributed by atoms with Crippen molar-refractivity contribution in [3.63, 3.8) is 0 Å². The van der Waals surface area contributed by atoms with Gasteiger partial charge in [-0.3, -0.25) is 24.0 Å². The summed E-state index contributed by atoms with van der Waals surface area (Å²) >= 11 is 6.19. The highest BCUT2D eigenvalue weighted by molar-refractivity contribution is 7.73. The van der Waals surface area contributed by atoms with E-state index in [2.05, 4.69) is 10.1 Å². The van der Waals surface area contributed by atoms with Crippen molar-refractivity contribution in [3.05, 3.63) is 116 Å². The SMILES string of the molecule is COc1cc(=O)c2c(=O)c3c(c(=O)c=2c1=O)=C(O)C1(CCc2cc4cc(C=Nn5c(O)csc5=S)[nH]c(=O)c4c(O)c21)C=3O. The number of nitrogens with zero attached hydrogens (tertiary/aromatic N) is 2. The fourth-order valence-electron chi connectivity index (χ4n) is 6.36. The van der Waals surface area contributed by atoms with Crippen molar-refractivity contribution in [1.82, 2.24) is 9.66 Å². The van der Waals surface area contributed by atoms with E-state index >= 15 is 0 Å². The van der Waals surface area contributed by atoms with Crippen LogP contribution in [0.5, 0.6) is 17.4 Å². The first-order chi connectivity index (χ1) is 20.9. The zero-order valence-corrected chi connectivity index (χ0v) is 23.9. The number of H-pyrrole nitrogens is 1. The van der Waals surface area contributed by atoms with E-state index in [9.17, 15) is 44.4 Å². The second-order valence-corrected chi connectivity index (χ2v) is 11.9. The predicted octanol–water partition coefficient (Wildman–Crippen LogP) is -0.306. The molecule has 3 aromatic rings. The van der Waals surface area contributed by atoms with Crippen LogP contribution in [-0.2, 0) is 11.8 Å². The molecule has 0 bridgehead atoms. The molecule has 1 aromatic carbocycles. The molecule has 13 nitrogen and oxygen atoms in total. The maximum absolute atomic E-state index is 13.6. The number of aromatic amines is 1. The second-order valence-electron chi connectivity index (χ2n) is 10.4. The van der Waals surface area contributed by atoms with Crippen LogP contribution < -0.4 is 42.4 Å². The number of pyridine rings is 1. The lowest BCUT2D eigenvalue weighted by atomic mass is 9.78. The Morgan fingerprint density at radius 3 is 2.30 bits per heavy atom. The summed E-state index contributed by atoms with van der Waals surface area (Å²) in [5.74, 6) is -2.84. The number of phenols is 1. The number of fused-ring (bicyclic) bond motifs is 4. The van der Waals surface area contributed by atoms with Gasteiger partial charge < -0.3 is 30.1 Å². The zero-order chi connectivity index (χ0) is 31.4. The Bertz CT molecular complexity index is 2740. The van der Waals surface area contributed by atoms with E-state index in [1.165, 1.54) is 17.7 Å². The summed E-state index contributed by atoms with van der Waals surface area (Å²) in [4.78, 5) is 68.6. The van der Waals surface area contributed by atoms with Crippen molar-refractivity contribution in [2.24, 2.45) is 5.10 Å². The molecule has 4 aliphatic rings. The number of aryl methyl sites for hydroxylation is 1. The predicted molar refractivity (Wildman–Crippen MR) is 161 cm³/mol. The Labute approximate surface area is 250 Å². The molecule has 7 rings (SSSR count). The van der Waals surface area contributed by atoms with E-state index in [0.29, 0.717) is 5.56 Å². The monoisotopic (exact) mass is 631 g/mol. The summed E-state index contributed by atoms with van der Waals surface area (Å²) in [7, 11) is 1.11. The number of methoxy groups -OCH3 is 1. The minimum Gasteiger partial charge on any atom is -0.510 e. The molecule has 0 amide bonds. The Morgan fingerprint density at radius 2 is 1.66 bits per heavy atom. The molecule has 2 heterocycles. The van der Waals surface area contributed by atoms with Crippen LogP contribution in [0.3, 0.4) is 0 Å². The first-order valence-corrected chi connectivity index (χ1v) is 14.1. The number of aliphatic hydroxyl groups excluding tert-OH is 2. The van der Waals surface area contributed by atoms with Crippen LogP contribution in [-0.4, -0.2) is 43.4 Å². The van der Waals surface area contributed by atoms with E-state index in [1.54, 1.807) is 6.07 Å². The van der Waals surface area contributed by atoms with Gasteiger partial charge in [0.25, 0.3) is 5.56 Å². The van der Waals surface area contributed by atoms with Crippen LogP contribution in [0.1, 0.15) is 23.2 Å². The molecule has 44 heavy (non-hydrogen) atoms. The number of ether oxygens (including phenoxy) is 1. The molecular weight excluding hydrogens is 614 g/mol. The summed E-state index contributed by atoms with van der Waals surface area (Å²) in [5.41, 5.74) is -6.54. The number of benzene rings is 1. The van der Waals surface area contributed by atoms with Gasteiger partial charge in [-0.25, -0.2) is 0 Å². The van der Waals surface area contributed by atoms with Crippen LogP contribution in [0.25, 0.3) is 22.3 Å². The lowest BCUT2D eigenvalue weighted by Gasteiger charge is -2.27. The summed E-state index contributed by atoms with van der Waals surface area (Å²) in [6.07, 6.45) is 1.26. The molecule has 220 valence electrons. The molecule has 1 unspecified atom stereocenters. The molecular formula is C29H17N3O10S2. The molecule has 0 saturated carbocycles. The van der Waals surface area contributed by atoms with E-state index in [-0.39, 0.29) is 44.7 Å². The fourth-order valence-corrected chi connectivity index (χ4v) is 7.19. The normalized spacial score (nSPS) is 17.4. The molecule has 1 atom stereocenters. The van der Waals surface area contributed by atoms with Crippen LogP contribution in [0.4, 0.5) is 0 Å². The third-order valence-electron chi connectivity index (χ3n) is 8.24. The number of aliphatic hydroxyl groups is 2. The van der Waals surface area contributed by atoms with Gasteiger partial charge >= 0.3 is 0 Å². The third kappa shape index (κ3) is 3.30. The van der Waals surface area contributed by atoms with Gasteiger partial charge in [0.2, 0.25) is 22.2 Å². The third-order valence-corrected chi connectivity index (χ3v) is 9.41. The van der Waals surface area contributed by atoms with E-state index < -0.39 is 76.6 Å². The van der Waals surface area contributed by atoms with Crippen molar-refractivity contribution < 1.29 is 25.2 Å². The molecule has 0 radical (unpaired) electrons. The van der Waals surface area contributed by atoms with Crippen molar-refractivity contribution in [2.45, 2.75) is 18.3 Å². The van der Waals surface area contributed by atoms with Gasteiger partial charge in [0.1, 0.15) is 22.7 Å². The summed E-state index contributed by atoms with van der Waals surface area (Å²) in [5, 5.41) is 47.2. The standard InChI is InChI=1S/C29H17N3O10S2/c1-42-13-6-12(33)16-17(21(13)35)23(37)19-18(22(16)36)25(39)29(26(19)40)3-2-9-4-10-5-11(7-30-32-14(34)8-44-28(32)43)31-27(41)15(10)24(38)20(9)29/h4-8,34,38-40H,2-3H2,1H3,(H,31,41). The molecule has 15 heteroatoms. The number of hydrogen-bond donors (Lipinski definition) is 5. The van der Waals surface area contributed by atoms with Crippen molar-refractivity contribution in [3.8, 4) is 17.4 Å². The number of aromatic nitrogens is 2. The zero-order valence-electron chi connectivity index (χ0n) is 22.3. The lowest BCUT2D eigenvalue weighted by molar-refractivity contribution is 0.362. The topological polar surface area (TPSA) is 209 Å². The van der Waals surface area contributed by atoms with Gasteiger partial charge in [0.15, 0.2) is 15.1 Å². The van der Waals surface area contributed by atoms with Gasteiger partial charge in [-0.2, -0.15) is 9.78 Å². The first kappa shape index (κ1) is 27.4. The molecule has 0 aliphatic heterocycles. The van der Waals surface area contributed by atoms with Crippen molar-refractivity contribution in [2.75, 3.05) is 7.11 Å². The Hall–Kier alpha value is -5.41. The van der Waals surface area contributed by atoms with Crippen LogP contribution in [0.2, 0.25) is 0 Å². The molecule has 2 aromatic heterocycles. The number of phenolic OH excluding ortho intramolecular Hbond substituents is 1. The van der Waals surface area contributed by atoms with Crippen LogP contribution in [0, 0.1) is 14.4 Å². The van der Waals surface area contributed by atoms with Gasteiger partial charge in [0.05, 0.1) is 50.7 Å². The number of hydrogen-bond acceptors (Lipinski definition) is 13. The number of nitrogens with one attached hydrogen (secondary N) is 1. The lowest BCUT2D eigenvalue weighted by Crippen LogP contribution is -2.51. The van der Waals surface area contributed by atoms with E-state index in [1.807, 2.05) is 0 Å². The quantitative estimate of drug-likeness (QED) is 0.129. The molecule has 1 spiro atoms. The summed E-state index contributed by atoms with van der Waals surface area (Å²) in [6.45, 7) is 0. The number of aromatic hydroxyl groups is 2. The largest absolute Gasteiger partial charge is 0.510 e. The van der Waals surface area contributed by atoms with Crippen molar-refractivity contribution in [1.29, 1.82) is 0 Å². The van der Waals surface area contributed by atoms with Gasteiger partial charge in [-0.15, -0.1) is 11.3 Å². The Morgan fingerprint density at radius 1 is 0.977 bits per heavy atom. The highest BCUT2D eigenvalue weighted by Gasteiger charge is 2.53. The molecule has 4 aliphatic carbocycles. The Balaban J connectivity index is 1.52. The molecule has 0 fully saturated rings. The average molecular weight is 632 g/mol. The highest BCUT2D eigenvalue weighted by Crippen LogP contribution is 2.54.